The fourth-order valence-electron chi connectivity index (χ4n) is 2.51. The molecule has 0 atom stereocenters. The molecule has 0 saturated heterocycles. The predicted molar refractivity (Wildman–Crippen MR) is 113 cm³/mol. The number of hydrogen-bond acceptors (Lipinski definition) is 1. The van der Waals surface area contributed by atoms with Crippen LogP contribution in [0.4, 0.5) is 0 Å². The number of hydrogen-bond donors (Lipinski definition) is 1. The van der Waals surface area contributed by atoms with Crippen molar-refractivity contribution >= 4 is 29.8 Å². The monoisotopic (exact) mass is 388 g/mol. The molecule has 0 fully saturated rings. The van der Waals surface area contributed by atoms with Crippen LogP contribution in [0.1, 0.15) is 27.6 Å². The van der Waals surface area contributed by atoms with Crippen LogP contribution in [0.3, 0.4) is 0 Å². The first-order chi connectivity index (χ1) is 12.7. The molecular weight excluding hydrogens is 362 g/mol. The van der Waals surface area contributed by atoms with Crippen molar-refractivity contribution in [3.05, 3.63) is 91.0 Å². The van der Waals surface area contributed by atoms with Crippen LogP contribution >= 0.6 is 7.92 Å². The number of carboxylic acid groups (broad SMARTS) is 1. The molecule has 27 heavy (non-hydrogen) atoms. The largest absolute Gasteiger partial charge is 1.00 e. The fourth-order valence-corrected chi connectivity index (χ4v) is 4.81. The van der Waals surface area contributed by atoms with Crippen LogP contribution in [0.25, 0.3) is 0 Å². The molecule has 0 aromatic heterocycles. The summed E-state index contributed by atoms with van der Waals surface area (Å²) in [5.41, 5.74) is 0. The van der Waals surface area contributed by atoms with Crippen molar-refractivity contribution in [2.45, 2.75) is 26.2 Å². The van der Waals surface area contributed by atoms with Gasteiger partial charge in [-0.3, -0.25) is 4.79 Å². The molecule has 4 heteroatoms. The van der Waals surface area contributed by atoms with E-state index in [1.807, 2.05) is 6.92 Å². The maximum Gasteiger partial charge on any atom is 1.00 e. The first kappa shape index (κ1) is 23.6. The van der Waals surface area contributed by atoms with E-state index in [1.165, 1.54) is 15.9 Å². The van der Waals surface area contributed by atoms with E-state index >= 15 is 0 Å². The summed E-state index contributed by atoms with van der Waals surface area (Å²) in [5, 5.41) is 12.2. The van der Waals surface area contributed by atoms with E-state index in [4.69, 9.17) is 5.11 Å². The Bertz CT molecular complexity index is 676. The van der Waals surface area contributed by atoms with E-state index in [-0.39, 0.29) is 31.0 Å². The average molecular weight is 388 g/mol. The number of carboxylic acids is 1. The molecule has 3 aromatic rings. The number of carbonyl (C=O) groups is 1. The third-order valence-corrected chi connectivity index (χ3v) is 6.23. The molecule has 136 valence electrons. The van der Waals surface area contributed by atoms with Crippen molar-refractivity contribution in [3.63, 3.8) is 0 Å². The van der Waals surface area contributed by atoms with Crippen molar-refractivity contribution < 1.29 is 40.9 Å². The summed E-state index contributed by atoms with van der Waals surface area (Å²) in [4.78, 5) is 9.76. The average Bonchev–Trinajstić information content (AvgIpc) is 2.70. The first-order valence-electron chi connectivity index (χ1n) is 8.89. The van der Waals surface area contributed by atoms with Gasteiger partial charge < -0.3 is 6.53 Å². The minimum atomic E-state index is -0.693. The molecule has 0 aliphatic rings. The summed E-state index contributed by atoms with van der Waals surface area (Å²) in [6.07, 6.45) is 2.08. The molecule has 0 radical (unpaired) electrons. The second-order valence-corrected chi connectivity index (χ2v) is 8.06. The van der Waals surface area contributed by atoms with Gasteiger partial charge in [-0.1, -0.05) is 104 Å². The normalized spacial score (nSPS) is 9.70. The van der Waals surface area contributed by atoms with Crippen molar-refractivity contribution in [1.82, 2.24) is 0 Å². The molecule has 1 N–H and O–H groups in total. The van der Waals surface area contributed by atoms with Gasteiger partial charge in [0, 0.05) is 6.42 Å². The van der Waals surface area contributed by atoms with Crippen LogP contribution < -0.4 is 45.5 Å². The summed E-state index contributed by atoms with van der Waals surface area (Å²) in [6.45, 7) is 1.98. The van der Waals surface area contributed by atoms with Crippen LogP contribution in [0, 0.1) is 0 Å². The predicted octanol–water partition coefficient (Wildman–Crippen LogP) is 1.82. The van der Waals surface area contributed by atoms with E-state index in [0.717, 1.165) is 12.8 Å². The Hall–Kier alpha value is -1.44. The van der Waals surface area contributed by atoms with Crippen molar-refractivity contribution in [2.75, 3.05) is 0 Å². The van der Waals surface area contributed by atoms with E-state index in [9.17, 15) is 4.79 Å². The van der Waals surface area contributed by atoms with Crippen LogP contribution in [0.2, 0.25) is 0 Å². The second kappa shape index (κ2) is 13.7. The first-order valence-corrected chi connectivity index (χ1v) is 10.2. The SMILES string of the molecule is CCCCC(=O)O.[H-].[Na+].c1ccc(P(c2ccccc2)c2ccccc2)cc1. The molecule has 0 aliphatic carbocycles. The summed E-state index contributed by atoms with van der Waals surface area (Å²) < 4.78 is 0. The zero-order chi connectivity index (χ0) is 18.6. The molecule has 0 amide bonds. The van der Waals surface area contributed by atoms with Gasteiger partial charge >= 0.3 is 35.5 Å². The zero-order valence-corrected chi connectivity index (χ0v) is 19.0. The standard InChI is InChI=1S/C18H15P.C5H10O2.Na.H/c1-4-10-16(11-5-1)19(17-12-6-2-7-13-17)18-14-8-3-9-15-18;1-2-3-4-5(6)7;;/h1-15H;2-4H2,1H3,(H,6,7);;/q;;+1;-1. The van der Waals surface area contributed by atoms with Crippen LogP contribution in [0.15, 0.2) is 91.0 Å². The molecule has 0 aliphatic heterocycles. The Morgan fingerprint density at radius 3 is 1.33 bits per heavy atom. The maximum atomic E-state index is 9.76. The Morgan fingerprint density at radius 2 is 1.11 bits per heavy atom. The van der Waals surface area contributed by atoms with Gasteiger partial charge in [-0.15, -0.1) is 0 Å². The minimum absolute atomic E-state index is 0. The van der Waals surface area contributed by atoms with Crippen molar-refractivity contribution in [2.24, 2.45) is 0 Å². The van der Waals surface area contributed by atoms with Crippen LogP contribution in [-0.4, -0.2) is 11.1 Å². The molecule has 3 rings (SSSR count). The van der Waals surface area contributed by atoms with Gasteiger partial charge in [0.25, 0.3) is 0 Å². The molecule has 0 saturated carbocycles. The van der Waals surface area contributed by atoms with E-state index in [2.05, 4.69) is 91.0 Å². The van der Waals surface area contributed by atoms with Gasteiger partial charge in [0.05, 0.1) is 0 Å². The van der Waals surface area contributed by atoms with Gasteiger partial charge in [0.2, 0.25) is 0 Å². The molecule has 3 aromatic carbocycles. The second-order valence-electron chi connectivity index (χ2n) is 5.84. The summed E-state index contributed by atoms with van der Waals surface area (Å²) in [7, 11) is -0.446. The molecule has 0 heterocycles. The minimum Gasteiger partial charge on any atom is -1.00 e. The fraction of sp³-hybridized carbons (Fsp3) is 0.174. The topological polar surface area (TPSA) is 37.3 Å². The Labute approximate surface area is 187 Å². The van der Waals surface area contributed by atoms with Gasteiger partial charge in [-0.2, -0.15) is 0 Å². The van der Waals surface area contributed by atoms with Gasteiger partial charge in [0.15, 0.2) is 0 Å². The van der Waals surface area contributed by atoms with E-state index in [1.54, 1.807) is 0 Å². The van der Waals surface area contributed by atoms with Crippen molar-refractivity contribution in [3.8, 4) is 0 Å². The summed E-state index contributed by atoms with van der Waals surface area (Å²) >= 11 is 0. The molecule has 2 nitrogen and oxygen atoms in total. The zero-order valence-electron chi connectivity index (χ0n) is 17.1. The van der Waals surface area contributed by atoms with Gasteiger partial charge in [0.1, 0.15) is 0 Å². The van der Waals surface area contributed by atoms with E-state index in [0.29, 0.717) is 6.42 Å². The number of aliphatic carboxylic acids is 1. The quantitative estimate of drug-likeness (QED) is 0.517. The van der Waals surface area contributed by atoms with Crippen molar-refractivity contribution in [1.29, 1.82) is 0 Å². The Morgan fingerprint density at radius 1 is 0.778 bits per heavy atom. The molecule has 0 unspecified atom stereocenters. The molecular formula is C23H26NaO2P. The van der Waals surface area contributed by atoms with Gasteiger partial charge in [-0.25, -0.2) is 0 Å². The number of unbranched alkanes of at least 4 members (excludes halogenated alkanes) is 1. The van der Waals surface area contributed by atoms with Crippen LogP contribution in [0.5, 0.6) is 0 Å². The van der Waals surface area contributed by atoms with E-state index < -0.39 is 13.9 Å². The third kappa shape index (κ3) is 8.41. The molecule has 0 spiro atoms. The Balaban J connectivity index is 0.000000707. The maximum absolute atomic E-state index is 9.76. The number of benzene rings is 3. The Kier molecular flexibility index (Phi) is 12.0. The van der Waals surface area contributed by atoms with Gasteiger partial charge in [-0.05, 0) is 30.3 Å². The summed E-state index contributed by atoms with van der Waals surface area (Å²) in [6, 6.07) is 32.3. The smallest absolute Gasteiger partial charge is 1.00 e. The summed E-state index contributed by atoms with van der Waals surface area (Å²) in [5.74, 6) is -0.693. The van der Waals surface area contributed by atoms with Crippen LogP contribution in [-0.2, 0) is 4.79 Å². The molecule has 0 bridgehead atoms. The third-order valence-electron chi connectivity index (χ3n) is 3.79. The number of rotatable bonds is 6.